The summed E-state index contributed by atoms with van der Waals surface area (Å²) >= 11 is 1.74. The molecule has 2 aromatic rings. The van der Waals surface area contributed by atoms with Crippen LogP contribution in [-0.2, 0) is 25.9 Å². The van der Waals surface area contributed by atoms with Gasteiger partial charge in [0.1, 0.15) is 12.1 Å². The summed E-state index contributed by atoms with van der Waals surface area (Å²) < 4.78 is 0. The molecule has 0 saturated carbocycles. The Balaban J connectivity index is 1.82. The molecule has 0 bridgehead atoms. The van der Waals surface area contributed by atoms with Gasteiger partial charge in [0.25, 0.3) is 0 Å². The molecule has 5 nitrogen and oxygen atoms in total. The molecule has 2 aromatic heterocycles. The summed E-state index contributed by atoms with van der Waals surface area (Å²) in [5.41, 5.74) is 3.58. The van der Waals surface area contributed by atoms with Crippen molar-refractivity contribution in [3.05, 3.63) is 33.7 Å². The maximum absolute atomic E-state index is 4.64. The van der Waals surface area contributed by atoms with Gasteiger partial charge in [-0.15, -0.1) is 11.3 Å². The number of hydrogen-bond donors (Lipinski definition) is 0. The lowest BCUT2D eigenvalue weighted by Crippen LogP contribution is -2.30. The van der Waals surface area contributed by atoms with E-state index in [2.05, 4.69) is 51.2 Å². The topological polar surface area (TPSA) is 45.2 Å². The molecule has 0 radical (unpaired) electrons. The Morgan fingerprint density at radius 1 is 1.38 bits per heavy atom. The molecule has 0 saturated heterocycles. The van der Waals surface area contributed by atoms with Gasteiger partial charge in [-0.25, -0.2) is 15.0 Å². The first kappa shape index (κ1) is 14.4. The highest BCUT2D eigenvalue weighted by Crippen LogP contribution is 2.25. The van der Waals surface area contributed by atoms with E-state index in [1.54, 1.807) is 17.7 Å². The molecule has 0 amide bonds. The van der Waals surface area contributed by atoms with Crippen molar-refractivity contribution in [2.45, 2.75) is 32.9 Å². The Morgan fingerprint density at radius 3 is 3.00 bits per heavy atom. The van der Waals surface area contributed by atoms with Crippen molar-refractivity contribution in [1.82, 2.24) is 19.9 Å². The van der Waals surface area contributed by atoms with E-state index in [9.17, 15) is 0 Å². The number of likely N-dealkylation sites (N-methyl/N-ethyl adjacent to an activating group) is 1. The number of rotatable bonds is 4. The van der Waals surface area contributed by atoms with Crippen LogP contribution in [0.15, 0.2) is 11.7 Å². The lowest BCUT2D eigenvalue weighted by Gasteiger charge is -2.28. The predicted molar refractivity (Wildman–Crippen MR) is 85.7 cm³/mol. The summed E-state index contributed by atoms with van der Waals surface area (Å²) in [6, 6.07) is 0. The Hall–Kier alpha value is -1.53. The molecule has 3 heterocycles. The van der Waals surface area contributed by atoms with Crippen molar-refractivity contribution in [2.75, 3.05) is 25.5 Å². The van der Waals surface area contributed by atoms with E-state index in [4.69, 9.17) is 0 Å². The van der Waals surface area contributed by atoms with E-state index in [-0.39, 0.29) is 0 Å². The molecule has 0 spiro atoms. The van der Waals surface area contributed by atoms with Crippen LogP contribution < -0.4 is 4.90 Å². The van der Waals surface area contributed by atoms with Crippen LogP contribution in [0, 0.1) is 0 Å². The number of hydrogen-bond acceptors (Lipinski definition) is 6. The first-order valence-corrected chi connectivity index (χ1v) is 8.21. The highest BCUT2D eigenvalue weighted by Gasteiger charge is 2.20. The largest absolute Gasteiger partial charge is 0.353 e. The number of aromatic nitrogens is 3. The number of nitrogens with zero attached hydrogens (tertiary/aromatic N) is 5. The van der Waals surface area contributed by atoms with Crippen LogP contribution in [0.1, 0.15) is 28.9 Å². The maximum atomic E-state index is 4.64. The molecule has 1 aliphatic rings. The Morgan fingerprint density at radius 2 is 2.24 bits per heavy atom. The summed E-state index contributed by atoms with van der Waals surface area (Å²) in [6.45, 7) is 4.93. The standard InChI is InChI=1S/C15H21N5S/c1-4-14-18-11(9-21-14)7-20(3)15-12-8-19(2)6-5-13(12)16-10-17-15/h9-10H,4-8H2,1-3H3. The van der Waals surface area contributed by atoms with E-state index >= 15 is 0 Å². The summed E-state index contributed by atoms with van der Waals surface area (Å²) in [4.78, 5) is 18.1. The Labute approximate surface area is 129 Å². The van der Waals surface area contributed by atoms with E-state index in [1.807, 2.05) is 0 Å². The number of thiazole rings is 1. The van der Waals surface area contributed by atoms with E-state index in [0.717, 1.165) is 44.0 Å². The van der Waals surface area contributed by atoms with Crippen LogP contribution in [0.25, 0.3) is 0 Å². The van der Waals surface area contributed by atoms with Gasteiger partial charge in [-0.05, 0) is 13.5 Å². The zero-order valence-corrected chi connectivity index (χ0v) is 13.7. The van der Waals surface area contributed by atoms with Gasteiger partial charge in [-0.3, -0.25) is 0 Å². The van der Waals surface area contributed by atoms with Crippen molar-refractivity contribution in [3.63, 3.8) is 0 Å². The molecule has 0 N–H and O–H groups in total. The van der Waals surface area contributed by atoms with Crippen molar-refractivity contribution in [2.24, 2.45) is 0 Å². The van der Waals surface area contributed by atoms with E-state index < -0.39 is 0 Å². The molecule has 0 unspecified atom stereocenters. The maximum Gasteiger partial charge on any atom is 0.136 e. The average Bonchev–Trinajstić information content (AvgIpc) is 2.94. The fourth-order valence-corrected chi connectivity index (χ4v) is 3.43. The predicted octanol–water partition coefficient (Wildman–Crippen LogP) is 2.12. The number of fused-ring (bicyclic) bond motifs is 1. The summed E-state index contributed by atoms with van der Waals surface area (Å²) in [5.74, 6) is 1.04. The molecular weight excluding hydrogens is 282 g/mol. The third-order valence-corrected chi connectivity index (χ3v) is 4.87. The molecule has 21 heavy (non-hydrogen) atoms. The Kier molecular flexibility index (Phi) is 4.17. The fraction of sp³-hybridized carbons (Fsp3) is 0.533. The first-order chi connectivity index (χ1) is 10.2. The first-order valence-electron chi connectivity index (χ1n) is 7.33. The molecular formula is C15H21N5S. The molecule has 6 heteroatoms. The van der Waals surface area contributed by atoms with Gasteiger partial charge in [0.05, 0.1) is 22.9 Å². The molecule has 3 rings (SSSR count). The second-order valence-electron chi connectivity index (χ2n) is 5.55. The van der Waals surface area contributed by atoms with Gasteiger partial charge < -0.3 is 9.80 Å². The molecule has 0 atom stereocenters. The molecule has 112 valence electrons. The average molecular weight is 303 g/mol. The van der Waals surface area contributed by atoms with Gasteiger partial charge in [0.15, 0.2) is 0 Å². The van der Waals surface area contributed by atoms with Crippen LogP contribution in [-0.4, -0.2) is 40.5 Å². The van der Waals surface area contributed by atoms with Crippen LogP contribution in [0.5, 0.6) is 0 Å². The van der Waals surface area contributed by atoms with Gasteiger partial charge in [-0.1, -0.05) is 6.92 Å². The molecule has 1 aliphatic heterocycles. The van der Waals surface area contributed by atoms with Crippen LogP contribution in [0.2, 0.25) is 0 Å². The number of anilines is 1. The Bertz CT molecular complexity index is 624. The third kappa shape index (κ3) is 3.06. The summed E-state index contributed by atoms with van der Waals surface area (Å²) in [7, 11) is 4.23. The van der Waals surface area contributed by atoms with Crippen molar-refractivity contribution in [1.29, 1.82) is 0 Å². The third-order valence-electron chi connectivity index (χ3n) is 3.83. The highest BCUT2D eigenvalue weighted by molar-refractivity contribution is 7.09. The SMILES string of the molecule is CCc1nc(CN(C)c2ncnc3c2CN(C)CC3)cs1. The minimum absolute atomic E-state index is 0.795. The zero-order chi connectivity index (χ0) is 14.8. The zero-order valence-electron chi connectivity index (χ0n) is 12.8. The highest BCUT2D eigenvalue weighted by atomic mass is 32.1. The second-order valence-corrected chi connectivity index (χ2v) is 6.50. The fourth-order valence-electron chi connectivity index (χ4n) is 2.69. The van der Waals surface area contributed by atoms with Crippen LogP contribution in [0.3, 0.4) is 0 Å². The van der Waals surface area contributed by atoms with Crippen molar-refractivity contribution < 1.29 is 0 Å². The second kappa shape index (κ2) is 6.07. The molecule has 0 fully saturated rings. The molecule has 0 aromatic carbocycles. The minimum atomic E-state index is 0.795. The van der Waals surface area contributed by atoms with E-state index in [0.29, 0.717) is 0 Å². The summed E-state index contributed by atoms with van der Waals surface area (Å²) in [5, 5.41) is 3.34. The summed E-state index contributed by atoms with van der Waals surface area (Å²) in [6.07, 6.45) is 3.70. The van der Waals surface area contributed by atoms with Gasteiger partial charge in [0.2, 0.25) is 0 Å². The molecule has 0 aliphatic carbocycles. The monoisotopic (exact) mass is 303 g/mol. The van der Waals surface area contributed by atoms with Crippen LogP contribution >= 0.6 is 11.3 Å². The normalized spacial score (nSPS) is 15.0. The lowest BCUT2D eigenvalue weighted by atomic mass is 10.1. The minimum Gasteiger partial charge on any atom is -0.353 e. The van der Waals surface area contributed by atoms with Crippen LogP contribution in [0.4, 0.5) is 5.82 Å². The number of aryl methyl sites for hydroxylation is 1. The lowest BCUT2D eigenvalue weighted by molar-refractivity contribution is 0.309. The van der Waals surface area contributed by atoms with Gasteiger partial charge >= 0.3 is 0 Å². The smallest absolute Gasteiger partial charge is 0.136 e. The van der Waals surface area contributed by atoms with Crippen molar-refractivity contribution >= 4 is 17.2 Å². The quantitative estimate of drug-likeness (QED) is 0.866. The van der Waals surface area contributed by atoms with Gasteiger partial charge in [0, 0.05) is 37.5 Å². The van der Waals surface area contributed by atoms with Crippen molar-refractivity contribution in [3.8, 4) is 0 Å². The van der Waals surface area contributed by atoms with E-state index in [1.165, 1.54) is 16.3 Å². The van der Waals surface area contributed by atoms with Gasteiger partial charge in [-0.2, -0.15) is 0 Å².